The second kappa shape index (κ2) is 4.37. The van der Waals surface area contributed by atoms with Crippen molar-refractivity contribution in [2.24, 2.45) is 0 Å². The Morgan fingerprint density at radius 1 is 1.47 bits per heavy atom. The van der Waals surface area contributed by atoms with Gasteiger partial charge in [-0.15, -0.1) is 0 Å². The zero-order valence-electron chi connectivity index (χ0n) is 8.67. The molecule has 2 rings (SSSR count). The van der Waals surface area contributed by atoms with Gasteiger partial charge in [-0.25, -0.2) is 9.78 Å². The van der Waals surface area contributed by atoms with Crippen LogP contribution in [0.5, 0.6) is 0 Å². The van der Waals surface area contributed by atoms with Crippen LogP contribution in [0.4, 0.5) is 5.95 Å². The van der Waals surface area contributed by atoms with E-state index < -0.39 is 36.8 Å². The van der Waals surface area contributed by atoms with Crippen LogP contribution in [0.3, 0.4) is 0 Å². The van der Waals surface area contributed by atoms with E-state index in [0.29, 0.717) is 0 Å². The van der Waals surface area contributed by atoms with Crippen LogP contribution < -0.4 is 11.4 Å². The van der Waals surface area contributed by atoms with Crippen LogP contribution in [-0.4, -0.2) is 54.8 Å². The van der Waals surface area contributed by atoms with Gasteiger partial charge in [-0.05, 0) is 0 Å². The summed E-state index contributed by atoms with van der Waals surface area (Å²) in [6.07, 6.45) is -3.67. The Morgan fingerprint density at radius 2 is 2.18 bits per heavy atom. The summed E-state index contributed by atoms with van der Waals surface area (Å²) < 4.78 is 6.04. The van der Waals surface area contributed by atoms with Gasteiger partial charge in [0, 0.05) is 0 Å². The topological polar surface area (TPSA) is 144 Å². The highest BCUT2D eigenvalue weighted by atomic mass is 16.6. The van der Waals surface area contributed by atoms with Gasteiger partial charge in [0.1, 0.15) is 24.6 Å². The van der Waals surface area contributed by atoms with Crippen molar-refractivity contribution < 1.29 is 20.1 Å². The molecule has 0 radical (unpaired) electrons. The monoisotopic (exact) mass is 244 g/mol. The van der Waals surface area contributed by atoms with Crippen molar-refractivity contribution >= 4 is 5.95 Å². The number of rotatable bonds is 2. The Bertz CT molecular complexity index is 463. The predicted octanol–water partition coefficient (Wildman–Crippen LogP) is -3.17. The van der Waals surface area contributed by atoms with Gasteiger partial charge in [0.2, 0.25) is 5.95 Å². The minimum atomic E-state index is -1.35. The molecule has 94 valence electrons. The highest BCUT2D eigenvalue weighted by Gasteiger charge is 2.43. The van der Waals surface area contributed by atoms with Gasteiger partial charge < -0.3 is 25.8 Å². The summed E-state index contributed by atoms with van der Waals surface area (Å²) >= 11 is 0. The summed E-state index contributed by atoms with van der Waals surface area (Å²) in [6, 6.07) is 0. The van der Waals surface area contributed by atoms with Crippen LogP contribution in [0.15, 0.2) is 11.1 Å². The lowest BCUT2D eigenvalue weighted by Gasteiger charge is -2.16. The van der Waals surface area contributed by atoms with E-state index in [1.807, 2.05) is 0 Å². The largest absolute Gasteiger partial charge is 0.394 e. The number of nitrogens with zero attached hydrogens (tertiary/aromatic N) is 3. The molecule has 1 saturated heterocycles. The van der Waals surface area contributed by atoms with E-state index in [0.717, 1.165) is 10.9 Å². The van der Waals surface area contributed by atoms with Crippen LogP contribution in [0.1, 0.15) is 6.23 Å². The highest BCUT2D eigenvalue weighted by Crippen LogP contribution is 2.27. The number of nitrogen functional groups attached to an aromatic ring is 1. The third kappa shape index (κ3) is 2.00. The van der Waals surface area contributed by atoms with Crippen LogP contribution in [0.25, 0.3) is 0 Å². The number of aliphatic hydroxyl groups is 3. The van der Waals surface area contributed by atoms with E-state index in [9.17, 15) is 15.0 Å². The second-order valence-electron chi connectivity index (χ2n) is 3.63. The molecule has 9 heteroatoms. The summed E-state index contributed by atoms with van der Waals surface area (Å²) in [5.74, 6) is -0.196. The molecule has 0 saturated carbocycles. The Hall–Kier alpha value is -1.55. The zero-order chi connectivity index (χ0) is 12.6. The minimum Gasteiger partial charge on any atom is -0.394 e. The molecule has 0 aromatic carbocycles. The Labute approximate surface area is 95.1 Å². The molecule has 4 atom stereocenters. The number of aromatic nitrogens is 3. The first kappa shape index (κ1) is 11.9. The molecule has 0 amide bonds. The van der Waals surface area contributed by atoms with Gasteiger partial charge in [-0.2, -0.15) is 4.98 Å². The third-order valence-corrected chi connectivity index (χ3v) is 2.54. The standard InChI is InChI=1S/C8H12N4O5/c9-7-10-2-12(8(16)11-7)6-5(15)4(14)3(1-13)17-6/h2-6,13-15H,1H2,(H2,9,11,16)/t3-,4-,5?,6-/m1/s1. The average molecular weight is 244 g/mol. The Balaban J connectivity index is 2.32. The number of anilines is 1. The quantitative estimate of drug-likeness (QED) is 0.426. The van der Waals surface area contributed by atoms with Crippen LogP contribution in [0.2, 0.25) is 0 Å². The van der Waals surface area contributed by atoms with Gasteiger partial charge in [0.05, 0.1) is 6.61 Å². The smallest absolute Gasteiger partial charge is 0.354 e. The molecule has 9 nitrogen and oxygen atoms in total. The predicted molar refractivity (Wildman–Crippen MR) is 53.7 cm³/mol. The summed E-state index contributed by atoms with van der Waals surface area (Å²) in [4.78, 5) is 18.4. The van der Waals surface area contributed by atoms with E-state index in [-0.39, 0.29) is 5.95 Å². The van der Waals surface area contributed by atoms with Crippen molar-refractivity contribution in [1.82, 2.24) is 14.5 Å². The fraction of sp³-hybridized carbons (Fsp3) is 0.625. The van der Waals surface area contributed by atoms with E-state index >= 15 is 0 Å². The van der Waals surface area contributed by atoms with E-state index in [2.05, 4.69) is 9.97 Å². The first-order chi connectivity index (χ1) is 8.04. The zero-order valence-corrected chi connectivity index (χ0v) is 8.67. The summed E-state index contributed by atoms with van der Waals surface area (Å²) in [5.41, 5.74) is 4.46. The highest BCUT2D eigenvalue weighted by molar-refractivity contribution is 5.10. The Kier molecular flexibility index (Phi) is 3.07. The van der Waals surface area contributed by atoms with Crippen LogP contribution in [-0.2, 0) is 4.74 Å². The Morgan fingerprint density at radius 3 is 2.71 bits per heavy atom. The maximum Gasteiger partial charge on any atom is 0.354 e. The molecule has 5 N–H and O–H groups in total. The summed E-state index contributed by atoms with van der Waals surface area (Å²) in [7, 11) is 0. The molecular weight excluding hydrogens is 232 g/mol. The van der Waals surface area contributed by atoms with Crippen LogP contribution >= 0.6 is 0 Å². The SMILES string of the molecule is Nc1ncn([C@@H]2O[C@H](CO)[C@@H](O)C2O)c(=O)n1. The van der Waals surface area contributed by atoms with Crippen molar-refractivity contribution in [3.05, 3.63) is 16.8 Å². The first-order valence-corrected chi connectivity index (χ1v) is 4.87. The van der Waals surface area contributed by atoms with Gasteiger partial charge in [0.15, 0.2) is 6.23 Å². The van der Waals surface area contributed by atoms with Gasteiger partial charge in [0.25, 0.3) is 0 Å². The lowest BCUT2D eigenvalue weighted by Crippen LogP contribution is -2.36. The summed E-state index contributed by atoms with van der Waals surface area (Å²) in [6.45, 7) is -0.473. The van der Waals surface area contributed by atoms with Crippen molar-refractivity contribution in [3.8, 4) is 0 Å². The molecule has 1 fully saturated rings. The molecule has 0 aliphatic carbocycles. The molecular formula is C8H12N4O5. The molecule has 0 bridgehead atoms. The fourth-order valence-corrected chi connectivity index (χ4v) is 1.64. The number of hydrogen-bond acceptors (Lipinski definition) is 8. The van der Waals surface area contributed by atoms with E-state index in [1.165, 1.54) is 0 Å². The van der Waals surface area contributed by atoms with Crippen LogP contribution in [0, 0.1) is 0 Å². The molecule has 2 heterocycles. The van der Waals surface area contributed by atoms with Crippen molar-refractivity contribution in [2.75, 3.05) is 12.3 Å². The van der Waals surface area contributed by atoms with Crippen molar-refractivity contribution in [1.29, 1.82) is 0 Å². The number of hydrogen-bond donors (Lipinski definition) is 4. The average Bonchev–Trinajstić information content (AvgIpc) is 2.57. The molecule has 1 aromatic heterocycles. The number of nitrogens with two attached hydrogens (primary N) is 1. The van der Waals surface area contributed by atoms with Gasteiger partial charge in [-0.3, -0.25) is 4.57 Å². The lowest BCUT2D eigenvalue weighted by molar-refractivity contribution is -0.0554. The lowest BCUT2D eigenvalue weighted by atomic mass is 10.1. The molecule has 1 unspecified atom stereocenters. The molecule has 1 aliphatic heterocycles. The molecule has 17 heavy (non-hydrogen) atoms. The van der Waals surface area contributed by atoms with E-state index in [1.54, 1.807) is 0 Å². The number of ether oxygens (including phenoxy) is 1. The number of aliphatic hydroxyl groups excluding tert-OH is 3. The van der Waals surface area contributed by atoms with Crippen molar-refractivity contribution in [3.63, 3.8) is 0 Å². The minimum absolute atomic E-state index is 0.196. The molecule has 1 aromatic rings. The first-order valence-electron chi connectivity index (χ1n) is 4.87. The molecule has 1 aliphatic rings. The van der Waals surface area contributed by atoms with E-state index in [4.69, 9.17) is 15.6 Å². The fourth-order valence-electron chi connectivity index (χ4n) is 1.64. The van der Waals surface area contributed by atoms with Crippen molar-refractivity contribution in [2.45, 2.75) is 24.5 Å². The van der Waals surface area contributed by atoms with Gasteiger partial charge in [-0.1, -0.05) is 0 Å². The molecule has 0 spiro atoms. The summed E-state index contributed by atoms with van der Waals surface area (Å²) in [5, 5.41) is 28.1. The maximum atomic E-state index is 11.5. The van der Waals surface area contributed by atoms with Gasteiger partial charge >= 0.3 is 5.69 Å². The third-order valence-electron chi connectivity index (χ3n) is 2.54. The normalized spacial score (nSPS) is 32.9. The second-order valence-corrected chi connectivity index (χ2v) is 3.63. The maximum absolute atomic E-state index is 11.5.